The van der Waals surface area contributed by atoms with Crippen molar-refractivity contribution in [2.75, 3.05) is 32.6 Å². The van der Waals surface area contributed by atoms with Crippen LogP contribution in [0.3, 0.4) is 0 Å². The Bertz CT molecular complexity index is 721. The maximum atomic E-state index is 11.7. The Morgan fingerprint density at radius 3 is 2.88 bits per heavy atom. The van der Waals surface area contributed by atoms with Gasteiger partial charge in [-0.3, -0.25) is 9.59 Å². The molecule has 1 N–H and O–H groups in total. The maximum absolute atomic E-state index is 11.7. The van der Waals surface area contributed by atoms with E-state index in [1.807, 2.05) is 37.3 Å². The molecule has 0 unspecified atom stereocenters. The average Bonchev–Trinajstić information content (AvgIpc) is 2.58. The van der Waals surface area contributed by atoms with Crippen LogP contribution < -0.4 is 5.32 Å². The number of hydrogen-bond donors (Lipinski definition) is 1. The normalized spacial score (nSPS) is 10.6. The molecule has 0 aliphatic heterocycles. The molecule has 2 rings (SSSR count). The molecular weight excluding hydrogens is 328 g/mol. The van der Waals surface area contributed by atoms with Crippen LogP contribution in [0.15, 0.2) is 35.4 Å². The number of rotatable bonds is 8. The maximum Gasteiger partial charge on any atom is 0.316 e. The lowest BCUT2D eigenvalue weighted by molar-refractivity contribution is -0.145. The van der Waals surface area contributed by atoms with Gasteiger partial charge in [-0.05, 0) is 24.6 Å². The summed E-state index contributed by atoms with van der Waals surface area (Å²) in [7, 11) is 1.55. The minimum Gasteiger partial charge on any atom is -0.455 e. The molecule has 0 saturated carbocycles. The summed E-state index contributed by atoms with van der Waals surface area (Å²) in [6, 6.07) is 9.80. The molecule has 0 atom stereocenters. The Balaban J connectivity index is 1.80. The summed E-state index contributed by atoms with van der Waals surface area (Å²) in [6.07, 6.45) is 0. The molecule has 1 heterocycles. The number of para-hydroxylation sites is 1. The van der Waals surface area contributed by atoms with Gasteiger partial charge in [-0.25, -0.2) is 4.98 Å². The summed E-state index contributed by atoms with van der Waals surface area (Å²) < 4.78 is 9.75. The topological polar surface area (TPSA) is 77.5 Å². The van der Waals surface area contributed by atoms with Crippen LogP contribution in [0.2, 0.25) is 0 Å². The van der Waals surface area contributed by atoms with Gasteiger partial charge in [0, 0.05) is 19.0 Å². The SMILES string of the molecule is COCCNC(=O)COC(=O)CSc1cc(C)c2ccccc2n1. The first kappa shape index (κ1) is 18.2. The first-order valence-corrected chi connectivity index (χ1v) is 8.49. The molecule has 0 saturated heterocycles. The van der Waals surface area contributed by atoms with Crippen molar-refractivity contribution >= 4 is 34.5 Å². The van der Waals surface area contributed by atoms with Crippen molar-refractivity contribution in [2.24, 2.45) is 0 Å². The largest absolute Gasteiger partial charge is 0.455 e. The molecule has 2 aromatic rings. The number of ether oxygens (including phenoxy) is 2. The zero-order valence-corrected chi connectivity index (χ0v) is 14.5. The highest BCUT2D eigenvalue weighted by Crippen LogP contribution is 2.23. The highest BCUT2D eigenvalue weighted by molar-refractivity contribution is 7.99. The average molecular weight is 348 g/mol. The first-order valence-electron chi connectivity index (χ1n) is 7.50. The van der Waals surface area contributed by atoms with E-state index in [2.05, 4.69) is 10.3 Å². The summed E-state index contributed by atoms with van der Waals surface area (Å²) in [5.74, 6) is -0.685. The van der Waals surface area contributed by atoms with E-state index in [0.717, 1.165) is 21.5 Å². The molecule has 0 spiro atoms. The summed E-state index contributed by atoms with van der Waals surface area (Å²) in [5, 5.41) is 4.43. The smallest absolute Gasteiger partial charge is 0.316 e. The number of esters is 1. The fraction of sp³-hybridized carbons (Fsp3) is 0.353. The fourth-order valence-electron chi connectivity index (χ4n) is 2.06. The number of pyridine rings is 1. The number of benzene rings is 1. The summed E-state index contributed by atoms with van der Waals surface area (Å²) >= 11 is 1.29. The van der Waals surface area contributed by atoms with E-state index in [4.69, 9.17) is 9.47 Å². The minimum absolute atomic E-state index is 0.107. The second-order valence-corrected chi connectivity index (χ2v) is 6.08. The molecule has 1 aromatic heterocycles. The van der Waals surface area contributed by atoms with Crippen molar-refractivity contribution in [3.05, 3.63) is 35.9 Å². The monoisotopic (exact) mass is 348 g/mol. The van der Waals surface area contributed by atoms with Gasteiger partial charge in [0.1, 0.15) is 0 Å². The van der Waals surface area contributed by atoms with Crippen molar-refractivity contribution < 1.29 is 19.1 Å². The molecule has 1 amide bonds. The van der Waals surface area contributed by atoms with Gasteiger partial charge in [0.15, 0.2) is 6.61 Å². The van der Waals surface area contributed by atoms with Crippen molar-refractivity contribution in [2.45, 2.75) is 11.9 Å². The predicted molar refractivity (Wildman–Crippen MR) is 93.0 cm³/mol. The van der Waals surface area contributed by atoms with Gasteiger partial charge in [-0.1, -0.05) is 30.0 Å². The molecule has 0 aliphatic rings. The number of nitrogens with one attached hydrogen (secondary N) is 1. The first-order chi connectivity index (χ1) is 11.6. The lowest BCUT2D eigenvalue weighted by Crippen LogP contribution is -2.31. The van der Waals surface area contributed by atoms with E-state index in [1.165, 1.54) is 11.8 Å². The van der Waals surface area contributed by atoms with E-state index in [0.29, 0.717) is 13.2 Å². The molecule has 0 radical (unpaired) electrons. The van der Waals surface area contributed by atoms with Crippen LogP contribution in [-0.2, 0) is 19.1 Å². The van der Waals surface area contributed by atoms with Gasteiger partial charge >= 0.3 is 5.97 Å². The van der Waals surface area contributed by atoms with Crippen molar-refractivity contribution in [3.63, 3.8) is 0 Å². The second-order valence-electron chi connectivity index (χ2n) is 5.09. The number of amides is 1. The van der Waals surface area contributed by atoms with E-state index >= 15 is 0 Å². The third-order valence-electron chi connectivity index (χ3n) is 3.23. The van der Waals surface area contributed by atoms with Gasteiger partial charge in [0.2, 0.25) is 0 Å². The van der Waals surface area contributed by atoms with Crippen LogP contribution in [0.1, 0.15) is 5.56 Å². The zero-order valence-electron chi connectivity index (χ0n) is 13.7. The number of carbonyl (C=O) groups excluding carboxylic acids is 2. The number of aryl methyl sites for hydroxylation is 1. The van der Waals surface area contributed by atoms with E-state index in [1.54, 1.807) is 7.11 Å². The summed E-state index contributed by atoms with van der Waals surface area (Å²) in [6.45, 7) is 2.54. The molecule has 0 fully saturated rings. The van der Waals surface area contributed by atoms with Crippen LogP contribution in [-0.4, -0.2) is 49.5 Å². The Labute approximate surface area is 144 Å². The van der Waals surface area contributed by atoms with Gasteiger partial charge in [-0.15, -0.1) is 0 Å². The highest BCUT2D eigenvalue weighted by Gasteiger charge is 2.09. The van der Waals surface area contributed by atoms with Crippen molar-refractivity contribution in [3.8, 4) is 0 Å². The standard InChI is InChI=1S/C17H20N2O4S/c1-12-9-16(19-14-6-4-3-5-13(12)14)24-11-17(21)23-10-15(20)18-7-8-22-2/h3-6,9H,7-8,10-11H2,1-2H3,(H,18,20). The van der Waals surface area contributed by atoms with E-state index in [9.17, 15) is 9.59 Å². The van der Waals surface area contributed by atoms with Gasteiger partial charge < -0.3 is 14.8 Å². The van der Waals surface area contributed by atoms with Crippen molar-refractivity contribution in [1.29, 1.82) is 0 Å². The number of methoxy groups -OCH3 is 1. The predicted octanol–water partition coefficient (Wildman–Crippen LogP) is 1.94. The molecule has 1 aromatic carbocycles. The molecule has 0 aliphatic carbocycles. The Morgan fingerprint density at radius 2 is 2.08 bits per heavy atom. The Hall–Kier alpha value is -2.12. The Morgan fingerprint density at radius 1 is 1.29 bits per heavy atom. The van der Waals surface area contributed by atoms with Gasteiger partial charge in [-0.2, -0.15) is 0 Å². The minimum atomic E-state index is -0.450. The third-order valence-corrected chi connectivity index (χ3v) is 4.11. The number of carbonyl (C=O) groups is 2. The lowest BCUT2D eigenvalue weighted by Gasteiger charge is -2.07. The number of aromatic nitrogens is 1. The van der Waals surface area contributed by atoms with E-state index < -0.39 is 5.97 Å². The zero-order chi connectivity index (χ0) is 17.4. The van der Waals surface area contributed by atoms with Crippen LogP contribution in [0.4, 0.5) is 0 Å². The molecule has 6 nitrogen and oxygen atoms in total. The number of hydrogen-bond acceptors (Lipinski definition) is 6. The molecule has 0 bridgehead atoms. The molecule has 128 valence electrons. The number of thioether (sulfide) groups is 1. The molecular formula is C17H20N2O4S. The van der Waals surface area contributed by atoms with Crippen LogP contribution in [0.5, 0.6) is 0 Å². The number of fused-ring (bicyclic) bond motifs is 1. The van der Waals surface area contributed by atoms with Crippen LogP contribution in [0.25, 0.3) is 10.9 Å². The second kappa shape index (κ2) is 9.24. The lowest BCUT2D eigenvalue weighted by atomic mass is 10.1. The summed E-state index contributed by atoms with van der Waals surface area (Å²) in [4.78, 5) is 27.7. The van der Waals surface area contributed by atoms with Gasteiger partial charge in [0.25, 0.3) is 5.91 Å². The van der Waals surface area contributed by atoms with Gasteiger partial charge in [0.05, 0.1) is 22.9 Å². The summed E-state index contributed by atoms with van der Waals surface area (Å²) in [5.41, 5.74) is 2.00. The Kier molecular flexibility index (Phi) is 7.02. The molecule has 7 heteroatoms. The van der Waals surface area contributed by atoms with Crippen LogP contribution in [0, 0.1) is 6.92 Å². The fourth-order valence-corrected chi connectivity index (χ4v) is 2.83. The van der Waals surface area contributed by atoms with Crippen molar-refractivity contribution in [1.82, 2.24) is 10.3 Å². The van der Waals surface area contributed by atoms with Crippen LogP contribution >= 0.6 is 11.8 Å². The van der Waals surface area contributed by atoms with E-state index in [-0.39, 0.29) is 18.3 Å². The third kappa shape index (κ3) is 5.50. The highest BCUT2D eigenvalue weighted by atomic mass is 32.2. The quantitative estimate of drug-likeness (QED) is 0.446. The molecule has 24 heavy (non-hydrogen) atoms. The number of nitrogens with zero attached hydrogens (tertiary/aromatic N) is 1.